The van der Waals surface area contributed by atoms with E-state index in [0.29, 0.717) is 18.3 Å². The van der Waals surface area contributed by atoms with Crippen LogP contribution >= 0.6 is 0 Å². The minimum absolute atomic E-state index is 0.383. The third-order valence-electron chi connectivity index (χ3n) is 3.09. The smallest absolute Gasteiger partial charge is 0.248 e. The van der Waals surface area contributed by atoms with Crippen LogP contribution in [0, 0.1) is 12.8 Å². The molecule has 0 spiro atoms. The maximum atomic E-state index is 5.60. The van der Waals surface area contributed by atoms with E-state index < -0.39 is 0 Å². The van der Waals surface area contributed by atoms with Crippen molar-refractivity contribution >= 4 is 5.96 Å². The van der Waals surface area contributed by atoms with E-state index in [1.807, 2.05) is 6.92 Å². The summed E-state index contributed by atoms with van der Waals surface area (Å²) in [6.45, 7) is 7.58. The van der Waals surface area contributed by atoms with Gasteiger partial charge in [-0.1, -0.05) is 5.16 Å². The molecule has 21 heavy (non-hydrogen) atoms. The maximum Gasteiger partial charge on any atom is 0.248 e. The highest BCUT2D eigenvalue weighted by atomic mass is 16.5. The van der Waals surface area contributed by atoms with Crippen LogP contribution in [0.4, 0.5) is 0 Å². The van der Waals surface area contributed by atoms with E-state index in [-0.39, 0.29) is 0 Å². The van der Waals surface area contributed by atoms with E-state index in [9.17, 15) is 0 Å². The van der Waals surface area contributed by atoms with Crippen molar-refractivity contribution in [3.05, 3.63) is 11.7 Å². The van der Waals surface area contributed by atoms with Gasteiger partial charge < -0.3 is 19.9 Å². The van der Waals surface area contributed by atoms with E-state index in [0.717, 1.165) is 44.6 Å². The predicted octanol–water partition coefficient (Wildman–Crippen LogP) is 1.25. The van der Waals surface area contributed by atoms with Gasteiger partial charge in [0.25, 0.3) is 0 Å². The van der Waals surface area contributed by atoms with Crippen molar-refractivity contribution in [1.29, 1.82) is 0 Å². The number of aliphatic imine (C=N–C) groups is 1. The Kier molecular flexibility index (Phi) is 6.46. The Labute approximate surface area is 125 Å². The number of nitrogens with one attached hydrogen (secondary N) is 2. The zero-order valence-electron chi connectivity index (χ0n) is 12.9. The van der Waals surface area contributed by atoms with Crippen molar-refractivity contribution in [3.8, 4) is 0 Å². The van der Waals surface area contributed by atoms with E-state index in [1.54, 1.807) is 6.92 Å². The number of hydrogen-bond donors (Lipinski definition) is 2. The summed E-state index contributed by atoms with van der Waals surface area (Å²) in [5.41, 5.74) is 0. The molecule has 0 atom stereocenters. The summed E-state index contributed by atoms with van der Waals surface area (Å²) in [4.78, 5) is 8.54. The van der Waals surface area contributed by atoms with Crippen LogP contribution < -0.4 is 10.6 Å². The van der Waals surface area contributed by atoms with Crippen LogP contribution in [-0.2, 0) is 11.3 Å². The maximum absolute atomic E-state index is 5.60. The van der Waals surface area contributed by atoms with Crippen LogP contribution in [-0.4, -0.2) is 42.4 Å². The predicted molar refractivity (Wildman–Crippen MR) is 80.0 cm³/mol. The fourth-order valence-electron chi connectivity index (χ4n) is 1.81. The van der Waals surface area contributed by atoms with E-state index in [4.69, 9.17) is 9.26 Å². The SMILES string of the molecule is CCNC(=NCc1nc(C)no1)NCCCOCC1CC1. The fourth-order valence-corrected chi connectivity index (χ4v) is 1.81. The van der Waals surface area contributed by atoms with Crippen LogP contribution in [0.25, 0.3) is 0 Å². The van der Waals surface area contributed by atoms with Crippen molar-refractivity contribution in [2.75, 3.05) is 26.3 Å². The molecule has 2 rings (SSSR count). The van der Waals surface area contributed by atoms with Gasteiger partial charge in [0.15, 0.2) is 11.8 Å². The van der Waals surface area contributed by atoms with Crippen molar-refractivity contribution in [3.63, 3.8) is 0 Å². The second-order valence-electron chi connectivity index (χ2n) is 5.23. The molecule has 0 unspecified atom stereocenters. The second kappa shape index (κ2) is 8.61. The van der Waals surface area contributed by atoms with Gasteiger partial charge in [0.2, 0.25) is 5.89 Å². The van der Waals surface area contributed by atoms with Gasteiger partial charge in [-0.2, -0.15) is 4.98 Å². The topological polar surface area (TPSA) is 84.6 Å². The first-order valence-electron chi connectivity index (χ1n) is 7.67. The normalized spacial score (nSPS) is 15.2. The van der Waals surface area contributed by atoms with Crippen LogP contribution in [0.15, 0.2) is 9.52 Å². The van der Waals surface area contributed by atoms with Crippen molar-refractivity contribution in [2.45, 2.75) is 39.7 Å². The first kappa shape index (κ1) is 15.8. The largest absolute Gasteiger partial charge is 0.381 e. The van der Waals surface area contributed by atoms with Gasteiger partial charge in [-0.05, 0) is 39.0 Å². The lowest BCUT2D eigenvalue weighted by Crippen LogP contribution is -2.38. The molecule has 2 N–H and O–H groups in total. The molecule has 0 saturated heterocycles. The highest BCUT2D eigenvalue weighted by Crippen LogP contribution is 2.28. The Hall–Kier alpha value is -1.63. The Morgan fingerprint density at radius 3 is 2.95 bits per heavy atom. The number of guanidine groups is 1. The number of rotatable bonds is 9. The third-order valence-corrected chi connectivity index (χ3v) is 3.09. The monoisotopic (exact) mass is 295 g/mol. The molecule has 1 aromatic rings. The summed E-state index contributed by atoms with van der Waals surface area (Å²) in [6, 6.07) is 0. The van der Waals surface area contributed by atoms with Crippen molar-refractivity contribution in [2.24, 2.45) is 10.9 Å². The molecule has 118 valence electrons. The average molecular weight is 295 g/mol. The minimum Gasteiger partial charge on any atom is -0.381 e. The van der Waals surface area contributed by atoms with E-state index >= 15 is 0 Å². The minimum atomic E-state index is 0.383. The van der Waals surface area contributed by atoms with Gasteiger partial charge >= 0.3 is 0 Å². The van der Waals surface area contributed by atoms with Crippen LogP contribution in [0.3, 0.4) is 0 Å². The summed E-state index contributed by atoms with van der Waals surface area (Å²) in [7, 11) is 0. The number of ether oxygens (including phenoxy) is 1. The van der Waals surface area contributed by atoms with Crippen LogP contribution in [0.5, 0.6) is 0 Å². The molecule has 0 aliphatic heterocycles. The summed E-state index contributed by atoms with van der Waals surface area (Å²) in [5, 5.41) is 10.2. The molecule has 0 radical (unpaired) electrons. The summed E-state index contributed by atoms with van der Waals surface area (Å²) in [5.74, 6) is 2.74. The zero-order valence-corrected chi connectivity index (χ0v) is 12.9. The molecule has 1 saturated carbocycles. The summed E-state index contributed by atoms with van der Waals surface area (Å²) >= 11 is 0. The number of nitrogens with zero attached hydrogens (tertiary/aromatic N) is 3. The van der Waals surface area contributed by atoms with Gasteiger partial charge in [-0.25, -0.2) is 4.99 Å². The Balaban J connectivity index is 1.62. The van der Waals surface area contributed by atoms with Gasteiger partial charge in [-0.3, -0.25) is 0 Å². The molecule has 0 bridgehead atoms. The Morgan fingerprint density at radius 1 is 1.43 bits per heavy atom. The zero-order chi connectivity index (χ0) is 14.9. The van der Waals surface area contributed by atoms with Crippen LogP contribution in [0.2, 0.25) is 0 Å². The quantitative estimate of drug-likeness (QED) is 0.405. The lowest BCUT2D eigenvalue weighted by Gasteiger charge is -2.10. The van der Waals surface area contributed by atoms with Crippen molar-refractivity contribution < 1.29 is 9.26 Å². The molecule has 1 aliphatic carbocycles. The first-order chi connectivity index (χ1) is 10.3. The first-order valence-corrected chi connectivity index (χ1v) is 7.67. The molecule has 1 heterocycles. The van der Waals surface area contributed by atoms with Crippen molar-refractivity contribution in [1.82, 2.24) is 20.8 Å². The highest BCUT2D eigenvalue weighted by Gasteiger charge is 2.20. The molecule has 1 fully saturated rings. The Morgan fingerprint density at radius 2 is 2.29 bits per heavy atom. The van der Waals surface area contributed by atoms with Gasteiger partial charge in [0.05, 0.1) is 0 Å². The van der Waals surface area contributed by atoms with Gasteiger partial charge in [0.1, 0.15) is 6.54 Å². The number of aromatic nitrogens is 2. The lowest BCUT2D eigenvalue weighted by molar-refractivity contribution is 0.123. The molecule has 1 aromatic heterocycles. The summed E-state index contributed by atoms with van der Waals surface area (Å²) in [6.07, 6.45) is 3.64. The van der Waals surface area contributed by atoms with Gasteiger partial charge in [-0.15, -0.1) is 0 Å². The Bertz CT molecular complexity index is 442. The second-order valence-corrected chi connectivity index (χ2v) is 5.23. The van der Waals surface area contributed by atoms with E-state index in [1.165, 1.54) is 12.8 Å². The third kappa shape index (κ3) is 6.57. The fraction of sp³-hybridized carbons (Fsp3) is 0.786. The molecule has 1 aliphatic rings. The van der Waals surface area contributed by atoms with Gasteiger partial charge in [0, 0.05) is 26.3 Å². The molecular formula is C14H25N5O2. The highest BCUT2D eigenvalue weighted by molar-refractivity contribution is 5.79. The number of hydrogen-bond acceptors (Lipinski definition) is 5. The lowest BCUT2D eigenvalue weighted by atomic mass is 10.4. The standard InChI is InChI=1S/C14H25N5O2/c1-3-15-14(17-9-13-18-11(2)19-21-13)16-7-4-8-20-10-12-5-6-12/h12H,3-10H2,1-2H3,(H2,15,16,17). The molecule has 7 nitrogen and oxygen atoms in total. The van der Waals surface area contributed by atoms with E-state index in [2.05, 4.69) is 25.8 Å². The van der Waals surface area contributed by atoms with Crippen LogP contribution in [0.1, 0.15) is 37.9 Å². The molecular weight excluding hydrogens is 270 g/mol. The summed E-state index contributed by atoms with van der Waals surface area (Å²) < 4.78 is 10.6. The molecule has 0 amide bonds. The average Bonchev–Trinajstić information content (AvgIpc) is 3.21. The molecule has 7 heteroatoms. The number of aryl methyl sites for hydroxylation is 1. The molecule has 0 aromatic carbocycles.